The molecule has 28 valence electrons. The molecule has 0 radical (unpaired) electrons. The monoisotopic (exact) mass is 168 g/mol. The first kappa shape index (κ1) is 74.1. The van der Waals surface area contributed by atoms with E-state index in [4.69, 9.17) is 0 Å². The second kappa shape index (κ2) is 42.9. The maximum absolute atomic E-state index is 0. The SMILES string of the molecule is [Fe+2].[Fe+2].[Mg+2].[O-2].[O-2]. The molecule has 0 rings (SSSR count). The van der Waals surface area contributed by atoms with Gasteiger partial charge in [0.15, 0.2) is 0 Å². The third-order valence-corrected chi connectivity index (χ3v) is 0. The molecule has 0 saturated heterocycles. The summed E-state index contributed by atoms with van der Waals surface area (Å²) >= 11 is 0. The fourth-order valence-corrected chi connectivity index (χ4v) is 0. The summed E-state index contributed by atoms with van der Waals surface area (Å²) in [6.07, 6.45) is 0. The van der Waals surface area contributed by atoms with Crippen molar-refractivity contribution in [3.8, 4) is 0 Å². The molecule has 0 bridgehead atoms. The molecule has 0 spiro atoms. The molecule has 0 N–H and O–H groups in total. The zero-order chi connectivity index (χ0) is 0. The van der Waals surface area contributed by atoms with Gasteiger partial charge in [-0.1, -0.05) is 0 Å². The molecule has 0 atom stereocenters. The maximum atomic E-state index is 0. The Balaban J connectivity index is 0. The molecule has 0 aliphatic carbocycles. The Labute approximate surface area is 67.8 Å². The minimum absolute atomic E-state index is 0. The number of hydrogen-bond acceptors (Lipinski definition) is 0. The minimum atomic E-state index is 0. The van der Waals surface area contributed by atoms with Gasteiger partial charge in [-0.25, -0.2) is 0 Å². The Hall–Kier alpha value is 1.73. The molecule has 0 amide bonds. The van der Waals surface area contributed by atoms with Gasteiger partial charge in [0.2, 0.25) is 0 Å². The van der Waals surface area contributed by atoms with Crippen LogP contribution >= 0.6 is 0 Å². The van der Waals surface area contributed by atoms with E-state index in [0.717, 1.165) is 0 Å². The number of hydrogen-bond donors (Lipinski definition) is 0. The second-order valence-corrected chi connectivity index (χ2v) is 0. The van der Waals surface area contributed by atoms with Crippen LogP contribution in [0.2, 0.25) is 0 Å². The molecule has 0 aliphatic heterocycles. The Morgan fingerprint density at radius 1 is 0.600 bits per heavy atom. The number of rotatable bonds is 0. The van der Waals surface area contributed by atoms with E-state index < -0.39 is 0 Å². The van der Waals surface area contributed by atoms with Crippen LogP contribution < -0.4 is 0 Å². The summed E-state index contributed by atoms with van der Waals surface area (Å²) in [5.41, 5.74) is 0. The molecule has 2 nitrogen and oxygen atoms in total. The molecular formula is Fe2MgO2+2. The van der Waals surface area contributed by atoms with Crippen molar-refractivity contribution in [2.75, 3.05) is 0 Å². The van der Waals surface area contributed by atoms with E-state index in [0.29, 0.717) is 0 Å². The van der Waals surface area contributed by atoms with Crippen LogP contribution in [-0.4, -0.2) is 23.1 Å². The van der Waals surface area contributed by atoms with Crippen molar-refractivity contribution in [1.29, 1.82) is 0 Å². The molecule has 0 aromatic heterocycles. The normalized spacial score (nSPS) is 0. The zero-order valence-electron chi connectivity index (χ0n) is 2.23. The first-order valence-electron chi connectivity index (χ1n) is 0. The molecule has 5 heavy (non-hydrogen) atoms. The van der Waals surface area contributed by atoms with Crippen LogP contribution in [0.4, 0.5) is 0 Å². The summed E-state index contributed by atoms with van der Waals surface area (Å²) in [5, 5.41) is 0. The summed E-state index contributed by atoms with van der Waals surface area (Å²) < 4.78 is 0. The van der Waals surface area contributed by atoms with Gasteiger partial charge in [-0.2, -0.15) is 0 Å². The van der Waals surface area contributed by atoms with E-state index in [1.54, 1.807) is 0 Å². The van der Waals surface area contributed by atoms with Crippen molar-refractivity contribution in [3.63, 3.8) is 0 Å². The van der Waals surface area contributed by atoms with Gasteiger partial charge in [-0.15, -0.1) is 0 Å². The van der Waals surface area contributed by atoms with E-state index in [1.165, 1.54) is 0 Å². The largest absolute Gasteiger partial charge is 2.00 e. The van der Waals surface area contributed by atoms with Crippen LogP contribution in [0.3, 0.4) is 0 Å². The van der Waals surface area contributed by atoms with Crippen LogP contribution in [0.5, 0.6) is 0 Å². The topological polar surface area (TPSA) is 57.0 Å². The van der Waals surface area contributed by atoms with Gasteiger partial charge in [0, 0.05) is 0 Å². The van der Waals surface area contributed by atoms with E-state index in [2.05, 4.69) is 0 Å². The van der Waals surface area contributed by atoms with Gasteiger partial charge in [0.05, 0.1) is 0 Å². The third kappa shape index (κ3) is 26.7. The Kier molecular flexibility index (Phi) is 636. The molecule has 0 fully saturated rings. The molecule has 0 unspecified atom stereocenters. The van der Waals surface area contributed by atoms with Gasteiger partial charge in [0.1, 0.15) is 0 Å². The van der Waals surface area contributed by atoms with Gasteiger partial charge in [-0.3, -0.25) is 0 Å². The Morgan fingerprint density at radius 2 is 0.600 bits per heavy atom. The first-order chi connectivity index (χ1) is 0. The van der Waals surface area contributed by atoms with Crippen molar-refractivity contribution in [3.05, 3.63) is 0 Å². The fraction of sp³-hybridized carbons (Fsp3) is 0. The van der Waals surface area contributed by atoms with E-state index in [1.807, 2.05) is 0 Å². The van der Waals surface area contributed by atoms with E-state index in [-0.39, 0.29) is 68.1 Å². The van der Waals surface area contributed by atoms with Crippen molar-refractivity contribution in [2.24, 2.45) is 0 Å². The minimum Gasteiger partial charge on any atom is -2.00 e. The van der Waals surface area contributed by atoms with Crippen LogP contribution in [0.1, 0.15) is 0 Å². The van der Waals surface area contributed by atoms with E-state index in [9.17, 15) is 0 Å². The predicted molar refractivity (Wildman–Crippen MR) is 7.13 cm³/mol. The summed E-state index contributed by atoms with van der Waals surface area (Å²) in [7, 11) is 0. The van der Waals surface area contributed by atoms with Crippen molar-refractivity contribution >= 4 is 23.1 Å². The molecule has 0 aromatic carbocycles. The third-order valence-electron chi connectivity index (χ3n) is 0. The van der Waals surface area contributed by atoms with Crippen LogP contribution in [0.15, 0.2) is 0 Å². The van der Waals surface area contributed by atoms with Gasteiger partial charge >= 0.3 is 57.2 Å². The van der Waals surface area contributed by atoms with E-state index >= 15 is 0 Å². The zero-order valence-corrected chi connectivity index (χ0v) is 5.85. The van der Waals surface area contributed by atoms with Gasteiger partial charge in [0.25, 0.3) is 0 Å². The predicted octanol–water partition coefficient (Wildman–Crippen LogP) is -0.623. The first-order valence-corrected chi connectivity index (χ1v) is 0. The Bertz CT molecular complexity index is 7.61. The summed E-state index contributed by atoms with van der Waals surface area (Å²) in [6, 6.07) is 0. The fourth-order valence-electron chi connectivity index (χ4n) is 0. The smallest absolute Gasteiger partial charge is 2.00 e. The molecule has 0 heterocycles. The molecule has 0 aromatic rings. The summed E-state index contributed by atoms with van der Waals surface area (Å²) in [4.78, 5) is 0. The van der Waals surface area contributed by atoms with Crippen molar-refractivity contribution < 1.29 is 45.1 Å². The average molecular weight is 168 g/mol. The molecule has 0 saturated carbocycles. The van der Waals surface area contributed by atoms with Crippen molar-refractivity contribution in [2.45, 2.75) is 0 Å². The van der Waals surface area contributed by atoms with Crippen LogP contribution in [-0.2, 0) is 45.1 Å². The Morgan fingerprint density at radius 3 is 0.600 bits per heavy atom. The standard InChI is InChI=1S/2Fe.Mg.2O/q3*+2;2*-2. The van der Waals surface area contributed by atoms with Crippen molar-refractivity contribution in [1.82, 2.24) is 0 Å². The second-order valence-electron chi connectivity index (χ2n) is 0. The molecule has 0 aliphatic rings. The summed E-state index contributed by atoms with van der Waals surface area (Å²) in [6.45, 7) is 0. The van der Waals surface area contributed by atoms with Gasteiger partial charge < -0.3 is 11.0 Å². The summed E-state index contributed by atoms with van der Waals surface area (Å²) in [5.74, 6) is 0. The molecule has 5 heteroatoms. The maximum Gasteiger partial charge on any atom is 2.00 e. The quantitative estimate of drug-likeness (QED) is 0.432. The van der Waals surface area contributed by atoms with Crippen LogP contribution in [0, 0.1) is 0 Å². The average Bonchev–Trinajstić information content (AvgIpc) is 0. The van der Waals surface area contributed by atoms with Gasteiger partial charge in [-0.05, 0) is 0 Å². The van der Waals surface area contributed by atoms with Crippen LogP contribution in [0.25, 0.3) is 0 Å². The molecular weight excluding hydrogens is 168 g/mol.